The predicted molar refractivity (Wildman–Crippen MR) is 72.0 cm³/mol. The third-order valence-electron chi connectivity index (χ3n) is 2.13. The molecule has 0 aliphatic carbocycles. The minimum atomic E-state index is -0.485. The molecule has 6 heteroatoms. The molecule has 0 saturated heterocycles. The molecule has 1 aromatic carbocycles. The van der Waals surface area contributed by atoms with Gasteiger partial charge in [0.15, 0.2) is 0 Å². The first-order valence-corrected chi connectivity index (χ1v) is 6.12. The standard InChI is InChI=1S/C12H8BrClN2O2/c13-8-5-10(14)12(16-6-8)18-9-3-1-7(2-4-9)11(15)17/h1-6H,(H2,15,17). The SMILES string of the molecule is NC(=O)c1ccc(Oc2ncc(Br)cc2Cl)cc1. The van der Waals surface area contributed by atoms with Gasteiger partial charge in [-0.1, -0.05) is 11.6 Å². The highest BCUT2D eigenvalue weighted by atomic mass is 79.9. The summed E-state index contributed by atoms with van der Waals surface area (Å²) < 4.78 is 6.25. The number of benzene rings is 1. The number of carbonyl (C=O) groups excluding carboxylic acids is 1. The Kier molecular flexibility index (Phi) is 3.84. The number of amides is 1. The molecule has 2 rings (SSSR count). The van der Waals surface area contributed by atoms with Crippen molar-refractivity contribution in [3.05, 3.63) is 51.6 Å². The second-order valence-electron chi connectivity index (χ2n) is 3.43. The summed E-state index contributed by atoms with van der Waals surface area (Å²) >= 11 is 9.22. The fraction of sp³-hybridized carbons (Fsp3) is 0. The Morgan fingerprint density at radius 1 is 1.33 bits per heavy atom. The van der Waals surface area contributed by atoms with Crippen LogP contribution < -0.4 is 10.5 Å². The monoisotopic (exact) mass is 326 g/mol. The molecule has 1 amide bonds. The fourth-order valence-electron chi connectivity index (χ4n) is 1.28. The van der Waals surface area contributed by atoms with Gasteiger partial charge in [0.25, 0.3) is 0 Å². The first kappa shape index (κ1) is 12.9. The second-order valence-corrected chi connectivity index (χ2v) is 4.75. The summed E-state index contributed by atoms with van der Waals surface area (Å²) in [5, 5.41) is 0.392. The normalized spacial score (nSPS) is 10.1. The van der Waals surface area contributed by atoms with E-state index in [-0.39, 0.29) is 0 Å². The Bertz CT molecular complexity index is 587. The van der Waals surface area contributed by atoms with Crippen molar-refractivity contribution < 1.29 is 9.53 Å². The van der Waals surface area contributed by atoms with Gasteiger partial charge in [0.1, 0.15) is 10.8 Å². The lowest BCUT2D eigenvalue weighted by Crippen LogP contribution is -2.10. The molecule has 0 saturated carbocycles. The zero-order valence-corrected chi connectivity index (χ0v) is 11.4. The molecule has 0 fully saturated rings. The molecule has 0 atom stereocenters. The molecule has 1 heterocycles. The van der Waals surface area contributed by atoms with Crippen molar-refractivity contribution in [1.29, 1.82) is 0 Å². The molecule has 0 bridgehead atoms. The first-order chi connectivity index (χ1) is 8.56. The summed E-state index contributed by atoms with van der Waals surface area (Å²) in [5.41, 5.74) is 5.55. The number of pyridine rings is 1. The number of nitrogens with zero attached hydrogens (tertiary/aromatic N) is 1. The van der Waals surface area contributed by atoms with Crippen LogP contribution in [0.2, 0.25) is 5.02 Å². The maximum absolute atomic E-state index is 10.9. The highest BCUT2D eigenvalue weighted by Crippen LogP contribution is 2.29. The molecule has 2 aromatic rings. The third kappa shape index (κ3) is 3.00. The Labute approximate surface area is 117 Å². The Morgan fingerprint density at radius 2 is 2.00 bits per heavy atom. The van der Waals surface area contributed by atoms with E-state index in [1.54, 1.807) is 36.5 Å². The van der Waals surface area contributed by atoms with Crippen molar-refractivity contribution in [3.63, 3.8) is 0 Å². The maximum atomic E-state index is 10.9. The van der Waals surface area contributed by atoms with Crippen LogP contribution in [0.4, 0.5) is 0 Å². The van der Waals surface area contributed by atoms with Gasteiger partial charge in [-0.25, -0.2) is 4.98 Å². The molecule has 2 N–H and O–H groups in total. The molecule has 4 nitrogen and oxygen atoms in total. The van der Waals surface area contributed by atoms with E-state index in [4.69, 9.17) is 22.1 Å². The number of hydrogen-bond acceptors (Lipinski definition) is 3. The average Bonchev–Trinajstić information content (AvgIpc) is 2.33. The fourth-order valence-corrected chi connectivity index (χ4v) is 1.94. The number of hydrogen-bond donors (Lipinski definition) is 1. The molecule has 92 valence electrons. The summed E-state index contributed by atoms with van der Waals surface area (Å²) in [4.78, 5) is 14.9. The van der Waals surface area contributed by atoms with Crippen LogP contribution in [0.5, 0.6) is 11.6 Å². The van der Waals surface area contributed by atoms with Gasteiger partial charge in [0.05, 0.1) is 0 Å². The molecule has 0 radical (unpaired) electrons. The minimum absolute atomic E-state index is 0.298. The molecule has 0 unspecified atom stereocenters. The molecule has 0 aliphatic rings. The molecular weight excluding hydrogens is 320 g/mol. The Morgan fingerprint density at radius 3 is 2.56 bits per heavy atom. The summed E-state index contributed by atoms with van der Waals surface area (Å²) in [6, 6.07) is 8.08. The van der Waals surface area contributed by atoms with E-state index < -0.39 is 5.91 Å². The van der Waals surface area contributed by atoms with Gasteiger partial charge in [-0.05, 0) is 46.3 Å². The topological polar surface area (TPSA) is 65.2 Å². The molecule has 1 aromatic heterocycles. The van der Waals surface area contributed by atoms with Crippen LogP contribution in [-0.2, 0) is 0 Å². The number of carbonyl (C=O) groups is 1. The van der Waals surface area contributed by atoms with Crippen LogP contribution in [0.25, 0.3) is 0 Å². The number of aromatic nitrogens is 1. The van der Waals surface area contributed by atoms with Gasteiger partial charge in [-0.15, -0.1) is 0 Å². The van der Waals surface area contributed by atoms with Crippen molar-refractivity contribution in [2.24, 2.45) is 5.73 Å². The van der Waals surface area contributed by atoms with Crippen molar-refractivity contribution >= 4 is 33.4 Å². The number of rotatable bonds is 3. The van der Waals surface area contributed by atoms with Gasteiger partial charge in [-0.2, -0.15) is 0 Å². The van der Waals surface area contributed by atoms with E-state index in [0.29, 0.717) is 22.2 Å². The lowest BCUT2D eigenvalue weighted by molar-refractivity contribution is 0.100. The smallest absolute Gasteiger partial charge is 0.248 e. The highest BCUT2D eigenvalue weighted by molar-refractivity contribution is 9.10. The number of nitrogens with two attached hydrogens (primary N) is 1. The van der Waals surface area contributed by atoms with Crippen molar-refractivity contribution in [2.75, 3.05) is 0 Å². The van der Waals surface area contributed by atoms with Gasteiger partial charge in [0.2, 0.25) is 11.8 Å². The van der Waals surface area contributed by atoms with Gasteiger partial charge in [-0.3, -0.25) is 4.79 Å². The van der Waals surface area contributed by atoms with Crippen LogP contribution in [0.3, 0.4) is 0 Å². The van der Waals surface area contributed by atoms with Crippen molar-refractivity contribution in [2.45, 2.75) is 0 Å². The summed E-state index contributed by atoms with van der Waals surface area (Å²) in [6.07, 6.45) is 1.58. The lowest BCUT2D eigenvalue weighted by atomic mass is 10.2. The summed E-state index contributed by atoms with van der Waals surface area (Å²) in [5.74, 6) is 0.338. The number of halogens is 2. The van der Waals surface area contributed by atoms with Crippen molar-refractivity contribution in [3.8, 4) is 11.6 Å². The second kappa shape index (κ2) is 5.37. The first-order valence-electron chi connectivity index (χ1n) is 4.95. The minimum Gasteiger partial charge on any atom is -0.438 e. The summed E-state index contributed by atoms with van der Waals surface area (Å²) in [7, 11) is 0. The van der Waals surface area contributed by atoms with E-state index in [1.807, 2.05) is 0 Å². The number of ether oxygens (including phenoxy) is 1. The maximum Gasteiger partial charge on any atom is 0.248 e. The van der Waals surface area contributed by atoms with E-state index in [0.717, 1.165) is 4.47 Å². The van der Waals surface area contributed by atoms with Crippen LogP contribution in [0.15, 0.2) is 41.0 Å². The number of primary amides is 1. The third-order valence-corrected chi connectivity index (χ3v) is 2.83. The van der Waals surface area contributed by atoms with E-state index in [2.05, 4.69) is 20.9 Å². The van der Waals surface area contributed by atoms with E-state index in [1.165, 1.54) is 0 Å². The highest BCUT2D eigenvalue weighted by Gasteiger charge is 2.06. The van der Waals surface area contributed by atoms with Crippen LogP contribution in [-0.4, -0.2) is 10.9 Å². The molecular formula is C12H8BrClN2O2. The largest absolute Gasteiger partial charge is 0.438 e. The van der Waals surface area contributed by atoms with Crippen LogP contribution in [0, 0.1) is 0 Å². The lowest BCUT2D eigenvalue weighted by Gasteiger charge is -2.06. The zero-order chi connectivity index (χ0) is 13.1. The van der Waals surface area contributed by atoms with Crippen LogP contribution in [0.1, 0.15) is 10.4 Å². The van der Waals surface area contributed by atoms with Gasteiger partial charge >= 0.3 is 0 Å². The Hall–Kier alpha value is -1.59. The van der Waals surface area contributed by atoms with Crippen molar-refractivity contribution in [1.82, 2.24) is 4.98 Å². The van der Waals surface area contributed by atoms with Gasteiger partial charge < -0.3 is 10.5 Å². The van der Waals surface area contributed by atoms with E-state index in [9.17, 15) is 4.79 Å². The van der Waals surface area contributed by atoms with Gasteiger partial charge in [0, 0.05) is 16.2 Å². The molecule has 18 heavy (non-hydrogen) atoms. The zero-order valence-electron chi connectivity index (χ0n) is 9.06. The molecule has 0 spiro atoms. The van der Waals surface area contributed by atoms with Crippen LogP contribution >= 0.6 is 27.5 Å². The van der Waals surface area contributed by atoms with E-state index >= 15 is 0 Å². The average molecular weight is 328 g/mol. The Balaban J connectivity index is 2.21. The quantitative estimate of drug-likeness (QED) is 0.939. The predicted octanol–water partition coefficient (Wildman–Crippen LogP) is 3.39. The molecule has 0 aliphatic heterocycles. The summed E-state index contributed by atoms with van der Waals surface area (Å²) in [6.45, 7) is 0.